The molecule has 2 N–H and O–H groups in total. The van der Waals surface area contributed by atoms with Gasteiger partial charge in [0.15, 0.2) is 0 Å². The Morgan fingerprint density at radius 3 is 2.69 bits per heavy atom. The maximum Gasteiger partial charge on any atom is 0.0693 e. The van der Waals surface area contributed by atoms with E-state index in [9.17, 15) is 5.11 Å². The van der Waals surface area contributed by atoms with Crippen molar-refractivity contribution in [3.8, 4) is 0 Å². The Bertz CT molecular complexity index is 127. The summed E-state index contributed by atoms with van der Waals surface area (Å²) >= 11 is 0. The summed E-state index contributed by atoms with van der Waals surface area (Å²) < 4.78 is 0. The second-order valence-corrected chi connectivity index (χ2v) is 4.12. The van der Waals surface area contributed by atoms with Crippen LogP contribution in [0.2, 0.25) is 0 Å². The van der Waals surface area contributed by atoms with Gasteiger partial charge in [-0.3, -0.25) is 0 Å². The van der Waals surface area contributed by atoms with Gasteiger partial charge < -0.3 is 10.4 Å². The first kappa shape index (κ1) is 11.0. The molecule has 0 aromatic heterocycles. The van der Waals surface area contributed by atoms with E-state index in [4.69, 9.17) is 0 Å². The zero-order valence-electron chi connectivity index (χ0n) is 8.76. The maximum atomic E-state index is 9.53. The van der Waals surface area contributed by atoms with Gasteiger partial charge in [0.25, 0.3) is 0 Å². The number of hydrogen-bond acceptors (Lipinski definition) is 2. The molecule has 0 heterocycles. The number of rotatable bonds is 6. The summed E-state index contributed by atoms with van der Waals surface area (Å²) in [6, 6.07) is 0.390. The molecule has 78 valence electrons. The number of nitrogens with one attached hydrogen (secondary N) is 1. The van der Waals surface area contributed by atoms with Crippen LogP contribution in [0.5, 0.6) is 0 Å². The molecular weight excluding hydrogens is 162 g/mol. The molecule has 2 heteroatoms. The highest BCUT2D eigenvalue weighted by Crippen LogP contribution is 2.18. The number of hydrogen-bond donors (Lipinski definition) is 2. The molecule has 0 amide bonds. The van der Waals surface area contributed by atoms with Crippen LogP contribution in [0.25, 0.3) is 0 Å². The van der Waals surface area contributed by atoms with Crippen molar-refractivity contribution in [3.05, 3.63) is 0 Å². The van der Waals surface area contributed by atoms with Crippen molar-refractivity contribution in [3.63, 3.8) is 0 Å². The molecule has 0 aromatic carbocycles. The van der Waals surface area contributed by atoms with Crippen LogP contribution in [0, 0.1) is 0 Å². The van der Waals surface area contributed by atoms with E-state index in [0.29, 0.717) is 6.04 Å². The summed E-state index contributed by atoms with van der Waals surface area (Å²) in [4.78, 5) is 0. The Labute approximate surface area is 81.7 Å². The van der Waals surface area contributed by atoms with Crippen LogP contribution in [0.3, 0.4) is 0 Å². The molecule has 0 radical (unpaired) electrons. The molecule has 1 saturated carbocycles. The largest absolute Gasteiger partial charge is 0.392 e. The van der Waals surface area contributed by atoms with Gasteiger partial charge in [0.2, 0.25) is 0 Å². The highest BCUT2D eigenvalue weighted by molar-refractivity contribution is 4.82. The van der Waals surface area contributed by atoms with Crippen molar-refractivity contribution in [2.45, 2.75) is 64.0 Å². The van der Waals surface area contributed by atoms with Crippen LogP contribution < -0.4 is 5.32 Å². The summed E-state index contributed by atoms with van der Waals surface area (Å²) in [6.45, 7) is 3.32. The minimum Gasteiger partial charge on any atom is -0.392 e. The van der Waals surface area contributed by atoms with Crippen molar-refractivity contribution in [1.29, 1.82) is 0 Å². The monoisotopic (exact) mass is 185 g/mol. The lowest BCUT2D eigenvalue weighted by atomic mass is 10.2. The van der Waals surface area contributed by atoms with E-state index in [0.717, 1.165) is 19.4 Å². The van der Waals surface area contributed by atoms with E-state index in [-0.39, 0.29) is 6.10 Å². The quantitative estimate of drug-likeness (QED) is 0.621. The fourth-order valence-electron chi connectivity index (χ4n) is 2.02. The minimum atomic E-state index is -0.0776. The van der Waals surface area contributed by atoms with Gasteiger partial charge in [0, 0.05) is 6.04 Å². The fourth-order valence-corrected chi connectivity index (χ4v) is 2.02. The molecule has 1 aliphatic rings. The molecule has 2 unspecified atom stereocenters. The lowest BCUT2D eigenvalue weighted by Gasteiger charge is -2.15. The van der Waals surface area contributed by atoms with Gasteiger partial charge in [-0.05, 0) is 32.2 Å². The van der Waals surface area contributed by atoms with Gasteiger partial charge in [-0.2, -0.15) is 0 Å². The van der Waals surface area contributed by atoms with Gasteiger partial charge >= 0.3 is 0 Å². The molecular formula is C11H23NO. The molecule has 1 fully saturated rings. The smallest absolute Gasteiger partial charge is 0.0693 e. The molecule has 0 spiro atoms. The topological polar surface area (TPSA) is 32.3 Å². The van der Waals surface area contributed by atoms with E-state index in [1.165, 1.54) is 32.1 Å². The minimum absolute atomic E-state index is 0.0776. The summed E-state index contributed by atoms with van der Waals surface area (Å²) in [5, 5.41) is 13.0. The van der Waals surface area contributed by atoms with E-state index in [1.807, 2.05) is 0 Å². The lowest BCUT2D eigenvalue weighted by molar-refractivity contribution is 0.149. The molecule has 13 heavy (non-hydrogen) atoms. The average molecular weight is 185 g/mol. The van der Waals surface area contributed by atoms with E-state index in [1.54, 1.807) is 0 Å². The molecule has 1 rings (SSSR count). The van der Waals surface area contributed by atoms with Crippen LogP contribution in [0.4, 0.5) is 0 Å². The zero-order valence-corrected chi connectivity index (χ0v) is 8.76. The van der Waals surface area contributed by atoms with E-state index >= 15 is 0 Å². The van der Waals surface area contributed by atoms with Crippen molar-refractivity contribution < 1.29 is 5.11 Å². The van der Waals surface area contributed by atoms with Crippen molar-refractivity contribution in [2.24, 2.45) is 0 Å². The number of aliphatic hydroxyl groups is 1. The standard InChI is InChI=1S/C11H23NO/c1-2-3-4-5-9-12-10-7-6-8-11(10)13/h10-13H,2-9H2,1H3. The predicted octanol–water partition coefficient (Wildman–Crippen LogP) is 2.07. The Morgan fingerprint density at radius 2 is 2.08 bits per heavy atom. The number of aliphatic hydroxyl groups excluding tert-OH is 1. The second kappa shape index (κ2) is 6.39. The van der Waals surface area contributed by atoms with Crippen LogP contribution in [0.15, 0.2) is 0 Å². The summed E-state index contributed by atoms with van der Waals surface area (Å²) in [5.41, 5.74) is 0. The SMILES string of the molecule is CCCCCCNC1CCCC1O. The Balaban J connectivity index is 1.93. The van der Waals surface area contributed by atoms with Gasteiger partial charge in [-0.1, -0.05) is 26.2 Å². The normalized spacial score (nSPS) is 28.2. The third-order valence-electron chi connectivity index (χ3n) is 2.92. The second-order valence-electron chi connectivity index (χ2n) is 4.12. The fraction of sp³-hybridized carbons (Fsp3) is 1.00. The van der Waals surface area contributed by atoms with Gasteiger partial charge in [0.05, 0.1) is 6.10 Å². The first-order chi connectivity index (χ1) is 6.34. The van der Waals surface area contributed by atoms with Crippen molar-refractivity contribution in [2.75, 3.05) is 6.54 Å². The third kappa shape index (κ3) is 4.10. The van der Waals surface area contributed by atoms with Crippen LogP contribution in [0.1, 0.15) is 51.9 Å². The zero-order chi connectivity index (χ0) is 9.52. The Kier molecular flexibility index (Phi) is 5.40. The Hall–Kier alpha value is -0.0800. The first-order valence-electron chi connectivity index (χ1n) is 5.76. The molecule has 0 saturated heterocycles. The summed E-state index contributed by atoms with van der Waals surface area (Å²) in [5.74, 6) is 0. The first-order valence-corrected chi connectivity index (χ1v) is 5.76. The van der Waals surface area contributed by atoms with Gasteiger partial charge in [-0.15, -0.1) is 0 Å². The lowest BCUT2D eigenvalue weighted by Crippen LogP contribution is -2.36. The van der Waals surface area contributed by atoms with Crippen LogP contribution >= 0.6 is 0 Å². The van der Waals surface area contributed by atoms with Crippen LogP contribution in [-0.4, -0.2) is 23.8 Å². The van der Waals surface area contributed by atoms with Crippen LogP contribution in [-0.2, 0) is 0 Å². The molecule has 2 atom stereocenters. The Morgan fingerprint density at radius 1 is 1.23 bits per heavy atom. The summed E-state index contributed by atoms with van der Waals surface area (Å²) in [6.07, 6.45) is 8.49. The molecule has 0 aliphatic heterocycles. The van der Waals surface area contributed by atoms with Gasteiger partial charge in [-0.25, -0.2) is 0 Å². The average Bonchev–Trinajstić information content (AvgIpc) is 2.52. The van der Waals surface area contributed by atoms with Gasteiger partial charge in [0.1, 0.15) is 0 Å². The predicted molar refractivity (Wildman–Crippen MR) is 55.8 cm³/mol. The van der Waals surface area contributed by atoms with Crippen molar-refractivity contribution in [1.82, 2.24) is 5.32 Å². The molecule has 2 nitrogen and oxygen atoms in total. The molecule has 1 aliphatic carbocycles. The highest BCUT2D eigenvalue weighted by atomic mass is 16.3. The highest BCUT2D eigenvalue weighted by Gasteiger charge is 2.23. The van der Waals surface area contributed by atoms with E-state index in [2.05, 4.69) is 12.2 Å². The summed E-state index contributed by atoms with van der Waals surface area (Å²) in [7, 11) is 0. The number of unbranched alkanes of at least 4 members (excludes halogenated alkanes) is 3. The third-order valence-corrected chi connectivity index (χ3v) is 2.92. The molecule has 0 aromatic rings. The maximum absolute atomic E-state index is 9.53. The molecule has 0 bridgehead atoms. The van der Waals surface area contributed by atoms with Crippen molar-refractivity contribution >= 4 is 0 Å². The van der Waals surface area contributed by atoms with E-state index < -0.39 is 0 Å².